The lowest BCUT2D eigenvalue weighted by atomic mass is 11.1. The molecule has 0 radical (unpaired) electrons. The number of nitrogens with one attached hydrogen (secondary N) is 1. The van der Waals surface area contributed by atoms with Crippen molar-refractivity contribution in [1.82, 2.24) is 9.95 Å². The summed E-state index contributed by atoms with van der Waals surface area (Å²) < 4.78 is 0.252. The van der Waals surface area contributed by atoms with Gasteiger partial charge in [0.25, 0.3) is 0 Å². The van der Waals surface area contributed by atoms with Gasteiger partial charge in [-0.1, -0.05) is 0 Å². The van der Waals surface area contributed by atoms with Crippen molar-refractivity contribution in [2.45, 2.75) is 0 Å². The lowest BCUT2D eigenvalue weighted by Crippen LogP contribution is -2.44. The molecule has 0 aromatic rings. The monoisotopic (exact) mass is 188 g/mol. The quantitative estimate of drug-likeness (QED) is 0.354. The van der Waals surface area contributed by atoms with E-state index in [1.165, 1.54) is 0 Å². The van der Waals surface area contributed by atoms with E-state index in [4.69, 9.17) is 11.8 Å². The van der Waals surface area contributed by atoms with Gasteiger partial charge < -0.3 is 11.5 Å². The number of amides is 4. The second-order valence-corrected chi connectivity index (χ2v) is 1.43. The van der Waals surface area contributed by atoms with Crippen LogP contribution in [-0.4, -0.2) is 16.6 Å². The molecule has 0 saturated carbocycles. The molecular formula is C2H6Cl2N4O2. The van der Waals surface area contributed by atoms with E-state index in [9.17, 15) is 9.59 Å². The summed E-state index contributed by atoms with van der Waals surface area (Å²) in [7, 11) is 0. The van der Waals surface area contributed by atoms with E-state index in [2.05, 4.69) is 11.5 Å². The van der Waals surface area contributed by atoms with Gasteiger partial charge in [-0.15, -0.1) is 16.9 Å². The molecule has 0 spiro atoms. The summed E-state index contributed by atoms with van der Waals surface area (Å²) in [4.78, 5) is 19.9. The highest BCUT2D eigenvalue weighted by Crippen LogP contribution is 1.83. The number of rotatable bonds is 0. The Hall–Kier alpha value is -0.880. The molecule has 0 saturated heterocycles. The van der Waals surface area contributed by atoms with Crippen molar-refractivity contribution in [2.24, 2.45) is 11.5 Å². The van der Waals surface area contributed by atoms with Gasteiger partial charge in [0.05, 0.1) is 0 Å². The van der Waals surface area contributed by atoms with Crippen molar-refractivity contribution in [3.05, 3.63) is 0 Å². The molecule has 0 fully saturated rings. The fraction of sp³-hybridized carbons (Fsp3) is 0. The summed E-state index contributed by atoms with van der Waals surface area (Å²) in [6.45, 7) is 0. The summed E-state index contributed by atoms with van der Waals surface area (Å²) in [5.41, 5.74) is 10.8. The van der Waals surface area contributed by atoms with Crippen LogP contribution in [0.2, 0.25) is 0 Å². The van der Waals surface area contributed by atoms with Crippen molar-refractivity contribution in [3.8, 4) is 0 Å². The lowest BCUT2D eigenvalue weighted by Gasteiger charge is -2.08. The van der Waals surface area contributed by atoms with E-state index in [0.29, 0.717) is 0 Å². The van der Waals surface area contributed by atoms with E-state index < -0.39 is 12.1 Å². The van der Waals surface area contributed by atoms with Crippen LogP contribution in [0.4, 0.5) is 9.59 Å². The molecule has 0 aromatic carbocycles. The summed E-state index contributed by atoms with van der Waals surface area (Å²) in [6, 6.07) is -1.96. The number of primary amides is 2. The summed E-state index contributed by atoms with van der Waals surface area (Å²) in [5, 5.41) is 0. The first-order valence-electron chi connectivity index (χ1n) is 1.85. The van der Waals surface area contributed by atoms with Crippen molar-refractivity contribution in [2.75, 3.05) is 0 Å². The molecule has 0 rings (SSSR count). The topological polar surface area (TPSA) is 101 Å². The predicted molar refractivity (Wildman–Crippen MR) is 37.2 cm³/mol. The molecule has 0 aromatic heterocycles. The normalized spacial score (nSPS) is 7.30. The number of hydrogen-bond acceptors (Lipinski definition) is 2. The maximum absolute atomic E-state index is 9.98. The van der Waals surface area contributed by atoms with Crippen LogP contribution in [0.1, 0.15) is 0 Å². The number of hydrazine groups is 1. The van der Waals surface area contributed by atoms with E-state index in [1.807, 2.05) is 0 Å². The van der Waals surface area contributed by atoms with Crippen LogP contribution in [0, 0.1) is 0 Å². The number of carbonyl (C=O) groups is 2. The van der Waals surface area contributed by atoms with Crippen LogP contribution in [0.15, 0.2) is 0 Å². The van der Waals surface area contributed by atoms with Gasteiger partial charge in [-0.05, 0) is 0 Å². The Balaban J connectivity index is 0. The van der Waals surface area contributed by atoms with Gasteiger partial charge in [0, 0.05) is 11.8 Å². The molecule has 0 unspecified atom stereocenters. The molecule has 8 heteroatoms. The molecule has 10 heavy (non-hydrogen) atoms. The zero-order valence-electron chi connectivity index (χ0n) is 4.70. The highest BCUT2D eigenvalue weighted by atomic mass is 35.5. The lowest BCUT2D eigenvalue weighted by molar-refractivity contribution is 0.212. The molecule has 5 N–H and O–H groups in total. The van der Waals surface area contributed by atoms with Crippen LogP contribution in [-0.2, 0) is 0 Å². The Kier molecular flexibility index (Phi) is 5.87. The van der Waals surface area contributed by atoms with E-state index in [0.717, 1.165) is 0 Å². The van der Waals surface area contributed by atoms with Crippen LogP contribution in [0.5, 0.6) is 0 Å². The van der Waals surface area contributed by atoms with Crippen molar-refractivity contribution >= 4 is 36.2 Å². The van der Waals surface area contributed by atoms with Crippen LogP contribution in [0.3, 0.4) is 0 Å². The molecular weight excluding hydrogens is 183 g/mol. The van der Waals surface area contributed by atoms with Gasteiger partial charge in [-0.2, -0.15) is 0 Å². The Labute approximate surface area is 68.0 Å². The molecule has 0 aliphatic rings. The van der Waals surface area contributed by atoms with Gasteiger partial charge in [0.1, 0.15) is 0 Å². The Morgan fingerprint density at radius 2 is 1.80 bits per heavy atom. The van der Waals surface area contributed by atoms with Crippen molar-refractivity contribution in [1.29, 1.82) is 0 Å². The maximum atomic E-state index is 9.98. The first kappa shape index (κ1) is 11.9. The van der Waals surface area contributed by atoms with Gasteiger partial charge in [0.2, 0.25) is 0 Å². The van der Waals surface area contributed by atoms with Crippen LogP contribution in [0.25, 0.3) is 0 Å². The minimum atomic E-state index is -1.00. The van der Waals surface area contributed by atoms with E-state index in [-0.39, 0.29) is 16.9 Å². The molecule has 60 valence electrons. The zero-order valence-corrected chi connectivity index (χ0v) is 6.28. The third-order valence-corrected chi connectivity index (χ3v) is 0.653. The minimum absolute atomic E-state index is 0. The predicted octanol–water partition coefficient (Wildman–Crippen LogP) is -0.474. The second kappa shape index (κ2) is 4.95. The average Bonchev–Trinajstić information content (AvgIpc) is 1.63. The molecule has 6 nitrogen and oxygen atoms in total. The first-order valence-corrected chi connectivity index (χ1v) is 2.19. The third-order valence-electron chi connectivity index (χ3n) is 0.402. The molecule has 0 atom stereocenters. The van der Waals surface area contributed by atoms with Crippen molar-refractivity contribution in [3.63, 3.8) is 0 Å². The Morgan fingerprint density at radius 1 is 1.40 bits per heavy atom. The smallest absolute Gasteiger partial charge is 0.349 e. The van der Waals surface area contributed by atoms with Crippen LogP contribution < -0.4 is 16.9 Å². The van der Waals surface area contributed by atoms with Crippen LogP contribution >= 0.6 is 24.2 Å². The largest absolute Gasteiger partial charge is 0.350 e. The maximum Gasteiger partial charge on any atom is 0.349 e. The number of nitrogens with zero attached hydrogens (tertiary/aromatic N) is 1. The molecule has 4 amide bonds. The Morgan fingerprint density at radius 3 is 1.90 bits per heavy atom. The van der Waals surface area contributed by atoms with Gasteiger partial charge in [-0.25, -0.2) is 15.0 Å². The standard InChI is InChI=1S/C2H5ClN4O2.ClH/c3-7(2(5)9)6-1(4)8;/h(H2,5,9)(H3,4,6,8);1H. The third kappa shape index (κ3) is 5.26. The molecule has 0 heterocycles. The van der Waals surface area contributed by atoms with Gasteiger partial charge in [0.15, 0.2) is 0 Å². The fourth-order valence-electron chi connectivity index (χ4n) is 0.152. The van der Waals surface area contributed by atoms with E-state index in [1.54, 1.807) is 5.43 Å². The highest BCUT2D eigenvalue weighted by molar-refractivity contribution is 6.21. The number of hydrogen-bond donors (Lipinski definition) is 3. The van der Waals surface area contributed by atoms with Crippen molar-refractivity contribution < 1.29 is 9.59 Å². The number of urea groups is 2. The average molecular weight is 189 g/mol. The number of carbonyl (C=O) groups excluding carboxylic acids is 2. The SMILES string of the molecule is Cl.NC(=O)NN(Cl)C(N)=O. The summed E-state index contributed by atoms with van der Waals surface area (Å²) in [6.07, 6.45) is 0. The van der Waals surface area contributed by atoms with Gasteiger partial charge >= 0.3 is 12.1 Å². The number of nitrogens with two attached hydrogens (primary N) is 2. The summed E-state index contributed by atoms with van der Waals surface area (Å²) >= 11 is 4.96. The summed E-state index contributed by atoms with van der Waals surface area (Å²) in [5.74, 6) is 0. The molecule has 0 bridgehead atoms. The van der Waals surface area contributed by atoms with Gasteiger partial charge in [-0.3, -0.25) is 0 Å². The minimum Gasteiger partial charge on any atom is -0.350 e. The second-order valence-electron chi connectivity index (χ2n) is 1.10. The fourth-order valence-corrected chi connectivity index (χ4v) is 0.235. The zero-order chi connectivity index (χ0) is 7.44. The molecule has 0 aliphatic carbocycles. The molecule has 0 aliphatic heterocycles. The Bertz CT molecular complexity index is 139. The first-order chi connectivity index (χ1) is 4.04. The highest BCUT2D eigenvalue weighted by Gasteiger charge is 2.05. The van der Waals surface area contributed by atoms with E-state index >= 15 is 0 Å². The number of halogens is 2.